The minimum atomic E-state index is -5.99. The van der Waals surface area contributed by atoms with Crippen LogP contribution in [-0.4, -0.2) is 44.9 Å². The highest BCUT2D eigenvalue weighted by molar-refractivity contribution is 7.66. The number of aliphatic hydroxyl groups is 1. The molecule has 1 aromatic rings. The number of hydrogen-bond acceptors (Lipinski definition) is 15. The van der Waals surface area contributed by atoms with Crippen molar-refractivity contribution in [1.29, 1.82) is 0 Å². The van der Waals surface area contributed by atoms with E-state index in [2.05, 4.69) is 19.1 Å². The van der Waals surface area contributed by atoms with Crippen molar-refractivity contribution >= 4 is 29.1 Å². The summed E-state index contributed by atoms with van der Waals surface area (Å²) in [5.41, 5.74) is 2.34. The van der Waals surface area contributed by atoms with Crippen molar-refractivity contribution in [3.8, 4) is 0 Å². The first kappa shape index (κ1) is 24.6. The predicted octanol–water partition coefficient (Wildman–Crippen LogP) is -2.76. The van der Waals surface area contributed by atoms with Crippen LogP contribution in [0.3, 0.4) is 0 Å². The SMILES string of the molecule is O=c1nc2c(cn1[C@H]1C[C@@H](O)[C@@H](OCP(=O)([O-])OP(=O)([O-])OP(=O)([O-])O)O1)CCON2. The highest BCUT2D eigenvalue weighted by Crippen LogP contribution is 2.61. The van der Waals surface area contributed by atoms with Crippen molar-refractivity contribution in [3.05, 3.63) is 22.2 Å². The molecular formula is C11H15N3O14P3-3. The number of anilines is 1. The van der Waals surface area contributed by atoms with E-state index in [9.17, 15) is 38.3 Å². The summed E-state index contributed by atoms with van der Waals surface area (Å²) < 4.78 is 51.2. The fourth-order valence-electron chi connectivity index (χ4n) is 2.70. The molecule has 0 aliphatic carbocycles. The first-order chi connectivity index (χ1) is 14.2. The number of nitrogens with one attached hydrogen (secondary N) is 1. The summed E-state index contributed by atoms with van der Waals surface area (Å²) in [6.07, 6.45) is -3.96. The molecule has 3 heterocycles. The first-order valence-corrected chi connectivity index (χ1v) is 13.0. The molecule has 2 aliphatic rings. The highest BCUT2D eigenvalue weighted by Gasteiger charge is 2.38. The molecule has 0 bridgehead atoms. The van der Waals surface area contributed by atoms with E-state index in [1.165, 1.54) is 6.20 Å². The molecular weight excluding hydrogens is 491 g/mol. The molecule has 31 heavy (non-hydrogen) atoms. The van der Waals surface area contributed by atoms with Crippen LogP contribution in [0.2, 0.25) is 0 Å². The molecule has 1 fully saturated rings. The molecule has 0 spiro atoms. The molecule has 20 heteroatoms. The number of aliphatic hydroxyl groups excluding tert-OH is 1. The molecule has 0 aromatic carbocycles. The highest BCUT2D eigenvalue weighted by atomic mass is 31.3. The van der Waals surface area contributed by atoms with Gasteiger partial charge < -0.3 is 38.7 Å². The van der Waals surface area contributed by atoms with Crippen molar-refractivity contribution in [2.75, 3.05) is 18.4 Å². The predicted molar refractivity (Wildman–Crippen MR) is 89.5 cm³/mol. The van der Waals surface area contributed by atoms with Gasteiger partial charge >= 0.3 is 5.69 Å². The van der Waals surface area contributed by atoms with E-state index in [1.54, 1.807) is 0 Å². The van der Waals surface area contributed by atoms with Crippen LogP contribution in [0.5, 0.6) is 0 Å². The summed E-state index contributed by atoms with van der Waals surface area (Å²) in [6.45, 7) is 0.316. The Labute approximate surface area is 172 Å². The Morgan fingerprint density at radius 1 is 1.29 bits per heavy atom. The Bertz CT molecular complexity index is 1020. The second kappa shape index (κ2) is 9.08. The Kier molecular flexibility index (Phi) is 7.21. The zero-order valence-corrected chi connectivity index (χ0v) is 17.9. The minimum Gasteiger partial charge on any atom is -0.777 e. The van der Waals surface area contributed by atoms with Crippen LogP contribution in [0.4, 0.5) is 5.82 Å². The smallest absolute Gasteiger partial charge is 0.351 e. The standard InChI is InChI=1S/C11H18N3O14P3/c15-7-3-8(14-4-6-1-2-25-13-9(6)12-11(14)16)26-10(7)24-5-29(17,18)27-31(22,23)28-30(19,20)21/h4,7-8,10,15H,1-3,5H2,(H,17,18)(H,22,23)(H,12,13,16)(H2,19,20,21)/p-3/t7-,8-,10+/m1/s1. The van der Waals surface area contributed by atoms with E-state index in [-0.39, 0.29) is 12.2 Å². The molecule has 176 valence electrons. The fraction of sp³-hybridized carbons (Fsp3) is 0.636. The van der Waals surface area contributed by atoms with Gasteiger partial charge in [-0.25, -0.2) is 14.6 Å². The van der Waals surface area contributed by atoms with Crippen LogP contribution in [0, 0.1) is 0 Å². The van der Waals surface area contributed by atoms with Crippen molar-refractivity contribution < 1.29 is 61.3 Å². The Morgan fingerprint density at radius 2 is 2.00 bits per heavy atom. The van der Waals surface area contributed by atoms with Gasteiger partial charge in [-0.3, -0.25) is 22.8 Å². The lowest BCUT2D eigenvalue weighted by Gasteiger charge is -2.33. The number of rotatable bonds is 8. The maximum absolute atomic E-state index is 12.2. The Hall–Kier alpha value is -1.03. The molecule has 0 saturated carbocycles. The zero-order chi connectivity index (χ0) is 23.0. The van der Waals surface area contributed by atoms with Gasteiger partial charge in [0, 0.05) is 24.6 Å². The third-order valence-electron chi connectivity index (χ3n) is 3.85. The number of hydrogen-bond donors (Lipinski definition) is 3. The van der Waals surface area contributed by atoms with Crippen LogP contribution >= 0.6 is 23.2 Å². The molecule has 0 radical (unpaired) electrons. The largest absolute Gasteiger partial charge is 0.777 e. The van der Waals surface area contributed by atoms with Crippen molar-refractivity contribution in [1.82, 2.24) is 9.55 Å². The van der Waals surface area contributed by atoms with Crippen molar-refractivity contribution in [2.24, 2.45) is 0 Å². The summed E-state index contributed by atoms with van der Waals surface area (Å²) in [4.78, 5) is 62.5. The van der Waals surface area contributed by atoms with Gasteiger partial charge in [-0.05, 0) is 0 Å². The lowest BCUT2D eigenvalue weighted by Crippen LogP contribution is -2.31. The number of nitrogens with zero attached hydrogens (tertiary/aromatic N) is 2. The summed E-state index contributed by atoms with van der Waals surface area (Å²) in [6, 6.07) is 0. The first-order valence-electron chi connectivity index (χ1n) is 8.27. The molecule has 2 aliphatic heterocycles. The van der Waals surface area contributed by atoms with Gasteiger partial charge in [-0.2, -0.15) is 4.98 Å². The second-order valence-corrected chi connectivity index (χ2v) is 10.9. The van der Waals surface area contributed by atoms with Crippen LogP contribution < -0.4 is 25.9 Å². The van der Waals surface area contributed by atoms with E-state index in [1.807, 2.05) is 0 Å². The van der Waals surface area contributed by atoms with E-state index < -0.39 is 53.9 Å². The van der Waals surface area contributed by atoms with E-state index in [0.717, 1.165) is 4.57 Å². The zero-order valence-electron chi connectivity index (χ0n) is 15.2. The van der Waals surface area contributed by atoms with Gasteiger partial charge in [-0.15, -0.1) is 0 Å². The molecule has 1 saturated heterocycles. The van der Waals surface area contributed by atoms with Crippen LogP contribution in [-0.2, 0) is 43.0 Å². The average molecular weight is 506 g/mol. The van der Waals surface area contributed by atoms with Gasteiger partial charge in [0.05, 0.1) is 6.61 Å². The normalized spacial score (nSPS) is 29.3. The Balaban J connectivity index is 1.63. The molecule has 3 unspecified atom stereocenters. The van der Waals surface area contributed by atoms with Gasteiger partial charge in [0.2, 0.25) is 0 Å². The number of fused-ring (bicyclic) bond motifs is 1. The van der Waals surface area contributed by atoms with E-state index in [0.29, 0.717) is 18.6 Å². The van der Waals surface area contributed by atoms with Gasteiger partial charge in [0.25, 0.3) is 15.6 Å². The summed E-state index contributed by atoms with van der Waals surface area (Å²) >= 11 is 0. The summed E-state index contributed by atoms with van der Waals surface area (Å²) in [5, 5.41) is 10.0. The second-order valence-electron chi connectivity index (χ2n) is 6.25. The average Bonchev–Trinajstić information content (AvgIpc) is 2.97. The molecule has 3 rings (SSSR count). The minimum absolute atomic E-state index is 0.202. The van der Waals surface area contributed by atoms with Gasteiger partial charge in [0.1, 0.15) is 18.7 Å². The number of aromatic nitrogens is 2. The monoisotopic (exact) mass is 506 g/mol. The van der Waals surface area contributed by atoms with Crippen LogP contribution in [0.15, 0.2) is 11.0 Å². The molecule has 3 N–H and O–H groups in total. The van der Waals surface area contributed by atoms with Crippen LogP contribution in [0.1, 0.15) is 18.2 Å². The number of phosphoric acid groups is 2. The van der Waals surface area contributed by atoms with E-state index >= 15 is 0 Å². The quantitative estimate of drug-likeness (QED) is 0.302. The summed E-state index contributed by atoms with van der Waals surface area (Å²) in [5.74, 6) is 0.220. The third kappa shape index (κ3) is 6.73. The lowest BCUT2D eigenvalue weighted by molar-refractivity contribution is -0.245. The van der Waals surface area contributed by atoms with Crippen molar-refractivity contribution in [2.45, 2.75) is 31.5 Å². The topological polar surface area (TPSA) is 254 Å². The molecule has 0 amide bonds. The van der Waals surface area contributed by atoms with Gasteiger partial charge in [-0.1, -0.05) is 0 Å². The third-order valence-corrected chi connectivity index (χ3v) is 7.74. The molecule has 17 nitrogen and oxygen atoms in total. The van der Waals surface area contributed by atoms with Crippen LogP contribution in [0.25, 0.3) is 0 Å². The van der Waals surface area contributed by atoms with Crippen molar-refractivity contribution in [3.63, 3.8) is 0 Å². The number of ether oxygens (including phenoxy) is 2. The maximum atomic E-state index is 12.2. The molecule has 6 atom stereocenters. The fourth-order valence-corrected chi connectivity index (χ4v) is 5.83. The Morgan fingerprint density at radius 3 is 2.68 bits per heavy atom. The maximum Gasteiger partial charge on any atom is 0.351 e. The lowest BCUT2D eigenvalue weighted by atomic mass is 10.2. The summed E-state index contributed by atoms with van der Waals surface area (Å²) in [7, 11) is -17.3. The van der Waals surface area contributed by atoms with Gasteiger partial charge in [0.15, 0.2) is 19.7 Å². The molecule has 1 aromatic heterocycles. The van der Waals surface area contributed by atoms with E-state index in [4.69, 9.17) is 19.2 Å².